The van der Waals surface area contributed by atoms with Gasteiger partial charge in [-0.25, -0.2) is 0 Å². The molecule has 0 unspecified atom stereocenters. The highest BCUT2D eigenvalue weighted by Crippen LogP contribution is 2.21. The average molecular weight is 287 g/mol. The molecule has 0 atom stereocenters. The third-order valence-electron chi connectivity index (χ3n) is 3.11. The van der Waals surface area contributed by atoms with Crippen molar-refractivity contribution >= 4 is 5.69 Å². The molecule has 2 N–H and O–H groups in total. The van der Waals surface area contributed by atoms with Crippen LogP contribution in [0.2, 0.25) is 0 Å². The molecular weight excluding hydrogens is 266 g/mol. The fourth-order valence-corrected chi connectivity index (χ4v) is 1.99. The molecule has 0 amide bonds. The predicted molar refractivity (Wildman–Crippen MR) is 84.0 cm³/mol. The van der Waals surface area contributed by atoms with Crippen LogP contribution < -0.4 is 10.1 Å². The van der Waals surface area contributed by atoms with E-state index in [0.717, 1.165) is 22.6 Å². The topological polar surface area (TPSA) is 50.7 Å². The van der Waals surface area contributed by atoms with Gasteiger partial charge in [-0.15, -0.1) is 0 Å². The largest absolute Gasteiger partial charge is 0.508 e. The van der Waals surface area contributed by atoms with Gasteiger partial charge in [0, 0.05) is 31.0 Å². The monoisotopic (exact) mass is 287 g/mol. The molecule has 112 valence electrons. The Labute approximate surface area is 125 Å². The second-order valence-corrected chi connectivity index (χ2v) is 4.85. The van der Waals surface area contributed by atoms with E-state index in [1.165, 1.54) is 0 Å². The van der Waals surface area contributed by atoms with Crippen molar-refractivity contribution in [2.24, 2.45) is 0 Å². The first-order chi connectivity index (χ1) is 10.2. The summed E-state index contributed by atoms with van der Waals surface area (Å²) in [4.78, 5) is 0. The Kier molecular flexibility index (Phi) is 5.46. The summed E-state index contributed by atoms with van der Waals surface area (Å²) in [6.45, 7) is 3.66. The summed E-state index contributed by atoms with van der Waals surface area (Å²) in [5.41, 5.74) is 2.95. The number of aryl methyl sites for hydroxylation is 1. The predicted octanol–water partition coefficient (Wildman–Crippen LogP) is 3.34. The Morgan fingerprint density at radius 2 is 1.95 bits per heavy atom. The maximum absolute atomic E-state index is 9.83. The van der Waals surface area contributed by atoms with E-state index in [1.807, 2.05) is 43.3 Å². The van der Waals surface area contributed by atoms with E-state index in [9.17, 15) is 5.11 Å². The van der Waals surface area contributed by atoms with Gasteiger partial charge >= 0.3 is 0 Å². The number of benzene rings is 2. The molecule has 2 aromatic carbocycles. The van der Waals surface area contributed by atoms with Gasteiger partial charge < -0.3 is 19.9 Å². The van der Waals surface area contributed by atoms with Gasteiger partial charge in [0.1, 0.15) is 18.1 Å². The number of hydrogen-bond donors (Lipinski definition) is 2. The van der Waals surface area contributed by atoms with Crippen molar-refractivity contribution in [3.8, 4) is 11.5 Å². The summed E-state index contributed by atoms with van der Waals surface area (Å²) < 4.78 is 10.5. The van der Waals surface area contributed by atoms with Gasteiger partial charge in [-0.1, -0.05) is 23.8 Å². The number of methoxy groups -OCH3 is 1. The third-order valence-corrected chi connectivity index (χ3v) is 3.11. The summed E-state index contributed by atoms with van der Waals surface area (Å²) in [7, 11) is 1.65. The van der Waals surface area contributed by atoms with E-state index in [4.69, 9.17) is 9.47 Å². The molecule has 0 spiro atoms. The molecule has 2 rings (SSSR count). The lowest BCUT2D eigenvalue weighted by Crippen LogP contribution is -2.05. The van der Waals surface area contributed by atoms with Crippen LogP contribution in [-0.4, -0.2) is 25.4 Å². The summed E-state index contributed by atoms with van der Waals surface area (Å²) in [6, 6.07) is 13.3. The van der Waals surface area contributed by atoms with Crippen LogP contribution >= 0.6 is 0 Å². The molecule has 0 saturated carbocycles. The van der Waals surface area contributed by atoms with E-state index in [-0.39, 0.29) is 0 Å². The molecule has 2 aromatic rings. The summed E-state index contributed by atoms with van der Waals surface area (Å²) >= 11 is 0. The van der Waals surface area contributed by atoms with E-state index in [0.29, 0.717) is 25.5 Å². The minimum Gasteiger partial charge on any atom is -0.508 e. The Morgan fingerprint density at radius 1 is 1.10 bits per heavy atom. The molecule has 0 aliphatic heterocycles. The molecule has 0 aliphatic carbocycles. The normalized spacial score (nSPS) is 10.4. The molecule has 0 saturated heterocycles. The van der Waals surface area contributed by atoms with Crippen molar-refractivity contribution in [1.29, 1.82) is 0 Å². The van der Waals surface area contributed by atoms with Gasteiger partial charge in [0.25, 0.3) is 0 Å². The van der Waals surface area contributed by atoms with Gasteiger partial charge in [-0.3, -0.25) is 0 Å². The average Bonchev–Trinajstić information content (AvgIpc) is 2.49. The van der Waals surface area contributed by atoms with Gasteiger partial charge in [0.2, 0.25) is 0 Å². The van der Waals surface area contributed by atoms with E-state index in [1.54, 1.807) is 13.2 Å². The van der Waals surface area contributed by atoms with Crippen molar-refractivity contribution < 1.29 is 14.6 Å². The maximum Gasteiger partial charge on any atom is 0.121 e. The first-order valence-electron chi connectivity index (χ1n) is 6.93. The number of rotatable bonds is 7. The molecule has 0 bridgehead atoms. The van der Waals surface area contributed by atoms with Crippen LogP contribution in [0.3, 0.4) is 0 Å². The van der Waals surface area contributed by atoms with E-state index >= 15 is 0 Å². The zero-order chi connectivity index (χ0) is 15.1. The molecule has 0 aliphatic rings. The highest BCUT2D eigenvalue weighted by atomic mass is 16.5. The van der Waals surface area contributed by atoms with Crippen molar-refractivity contribution in [2.75, 3.05) is 25.6 Å². The van der Waals surface area contributed by atoms with Crippen molar-refractivity contribution in [3.63, 3.8) is 0 Å². The summed E-state index contributed by atoms with van der Waals surface area (Å²) in [6.07, 6.45) is 0. The van der Waals surface area contributed by atoms with Crippen LogP contribution in [0.4, 0.5) is 5.69 Å². The Hall–Kier alpha value is -2.20. The second-order valence-electron chi connectivity index (χ2n) is 4.85. The van der Waals surface area contributed by atoms with Crippen LogP contribution in [0.1, 0.15) is 11.1 Å². The number of ether oxygens (including phenoxy) is 2. The van der Waals surface area contributed by atoms with Crippen LogP contribution in [0.5, 0.6) is 11.5 Å². The molecule has 0 aromatic heterocycles. The summed E-state index contributed by atoms with van der Waals surface area (Å²) in [5.74, 6) is 1.10. The lowest BCUT2D eigenvalue weighted by Gasteiger charge is -2.11. The Morgan fingerprint density at radius 3 is 2.76 bits per heavy atom. The minimum atomic E-state index is 0.306. The molecule has 4 nitrogen and oxygen atoms in total. The molecule has 0 radical (unpaired) electrons. The number of phenols is 1. The maximum atomic E-state index is 9.83. The Bertz CT molecular complexity index is 584. The van der Waals surface area contributed by atoms with Crippen molar-refractivity contribution in [2.45, 2.75) is 13.5 Å². The van der Waals surface area contributed by atoms with Gasteiger partial charge in [-0.2, -0.15) is 0 Å². The zero-order valence-electron chi connectivity index (χ0n) is 12.4. The highest BCUT2D eigenvalue weighted by Gasteiger charge is 2.02. The fourth-order valence-electron chi connectivity index (χ4n) is 1.99. The number of aromatic hydroxyl groups is 1. The highest BCUT2D eigenvalue weighted by molar-refractivity contribution is 5.49. The van der Waals surface area contributed by atoms with E-state index in [2.05, 4.69) is 5.32 Å². The SMILES string of the molecule is COCCOc1cccc(NCc2cc(C)ccc2O)c1. The van der Waals surface area contributed by atoms with Crippen molar-refractivity contribution in [3.05, 3.63) is 53.6 Å². The van der Waals surface area contributed by atoms with Gasteiger partial charge in [0.15, 0.2) is 0 Å². The Balaban J connectivity index is 1.96. The number of anilines is 1. The first-order valence-corrected chi connectivity index (χ1v) is 6.93. The number of nitrogens with one attached hydrogen (secondary N) is 1. The zero-order valence-corrected chi connectivity index (χ0v) is 12.4. The van der Waals surface area contributed by atoms with Crippen LogP contribution in [0.15, 0.2) is 42.5 Å². The van der Waals surface area contributed by atoms with Crippen molar-refractivity contribution in [1.82, 2.24) is 0 Å². The lowest BCUT2D eigenvalue weighted by atomic mass is 10.1. The molecular formula is C17H21NO3. The third kappa shape index (κ3) is 4.68. The van der Waals surface area contributed by atoms with Crippen LogP contribution in [0.25, 0.3) is 0 Å². The smallest absolute Gasteiger partial charge is 0.121 e. The van der Waals surface area contributed by atoms with E-state index < -0.39 is 0 Å². The molecule has 0 fully saturated rings. The second kappa shape index (κ2) is 7.55. The van der Waals surface area contributed by atoms with Gasteiger partial charge in [-0.05, 0) is 25.1 Å². The molecule has 0 heterocycles. The minimum absolute atomic E-state index is 0.306. The standard InChI is InChI=1S/C17H21NO3/c1-13-6-7-17(19)14(10-13)12-18-15-4-3-5-16(11-15)21-9-8-20-2/h3-7,10-11,18-19H,8-9,12H2,1-2H3. The lowest BCUT2D eigenvalue weighted by molar-refractivity contribution is 0.146. The number of hydrogen-bond acceptors (Lipinski definition) is 4. The van der Waals surface area contributed by atoms with Crippen LogP contribution in [-0.2, 0) is 11.3 Å². The quantitative estimate of drug-likeness (QED) is 0.767. The molecule has 4 heteroatoms. The first kappa shape index (κ1) is 15.2. The molecule has 21 heavy (non-hydrogen) atoms. The number of phenolic OH excluding ortho intramolecular Hbond substituents is 1. The van der Waals surface area contributed by atoms with Crippen LogP contribution in [0, 0.1) is 6.92 Å². The van der Waals surface area contributed by atoms with Gasteiger partial charge in [0.05, 0.1) is 6.61 Å². The summed E-state index contributed by atoms with van der Waals surface area (Å²) in [5, 5.41) is 13.1. The fraction of sp³-hybridized carbons (Fsp3) is 0.294.